The van der Waals surface area contributed by atoms with E-state index in [9.17, 15) is 77.3 Å². The molecular weight excluding hydrogens is 1550 g/mol. The molecule has 10 N–H and O–H groups in total. The van der Waals surface area contributed by atoms with Crippen molar-refractivity contribution in [1.29, 1.82) is 0 Å². The van der Waals surface area contributed by atoms with E-state index in [-0.39, 0.29) is 158 Å². The average molecular weight is 1660 g/mol. The largest absolute Gasteiger partial charge is 0.508 e. The van der Waals surface area contributed by atoms with Gasteiger partial charge in [-0.05, 0) is 136 Å². The van der Waals surface area contributed by atoms with E-state index in [4.69, 9.17) is 39.5 Å². The summed E-state index contributed by atoms with van der Waals surface area (Å²) in [6, 6.07) is 43.8. The van der Waals surface area contributed by atoms with Crippen LogP contribution in [0.15, 0.2) is 170 Å². The van der Waals surface area contributed by atoms with Crippen LogP contribution in [0.3, 0.4) is 0 Å². The van der Waals surface area contributed by atoms with Gasteiger partial charge in [0.15, 0.2) is 23.1 Å². The molecule has 30 heteroatoms. The number of benzene rings is 6. The topological polar surface area (TPSA) is 450 Å². The van der Waals surface area contributed by atoms with Crippen molar-refractivity contribution < 1.29 is 116 Å². The molecule has 0 aliphatic carbocycles. The summed E-state index contributed by atoms with van der Waals surface area (Å²) in [4.78, 5) is 190. The fraction of sp³-hybridized carbons (Fsp3) is 0.444. The van der Waals surface area contributed by atoms with E-state index in [0.717, 1.165) is 16.7 Å². The van der Waals surface area contributed by atoms with Gasteiger partial charge < -0.3 is 74.3 Å². The maximum Gasteiger partial charge on any atom is 0.324 e. The third-order valence-electron chi connectivity index (χ3n) is 19.4. The first kappa shape index (κ1) is 99.0. The van der Waals surface area contributed by atoms with Crippen molar-refractivity contribution in [3.63, 3.8) is 0 Å². The van der Waals surface area contributed by atoms with E-state index in [2.05, 4.69) is 26.1 Å². The molecule has 5 amide bonds. The lowest BCUT2D eigenvalue weighted by atomic mass is 9.89. The van der Waals surface area contributed by atoms with E-state index in [1.807, 2.05) is 54.6 Å². The highest BCUT2D eigenvalue weighted by atomic mass is 16.7. The first-order chi connectivity index (χ1) is 57.7. The van der Waals surface area contributed by atoms with E-state index < -0.39 is 125 Å². The zero-order chi connectivity index (χ0) is 87.4. The summed E-state index contributed by atoms with van der Waals surface area (Å²) in [5.41, 5.74) is 5.83. The van der Waals surface area contributed by atoms with Gasteiger partial charge in [0, 0.05) is 115 Å². The second-order valence-corrected chi connectivity index (χ2v) is 29.1. The van der Waals surface area contributed by atoms with Crippen LogP contribution in [0.4, 0.5) is 0 Å². The lowest BCUT2D eigenvalue weighted by molar-refractivity contribution is -0.147. The quantitative estimate of drug-likeness (QED) is 0.00751. The highest BCUT2D eigenvalue weighted by Gasteiger charge is 2.36. The van der Waals surface area contributed by atoms with Gasteiger partial charge in [0.05, 0.1) is 50.6 Å². The number of nitrogens with one attached hydrogen (secondary N) is 5. The van der Waals surface area contributed by atoms with E-state index in [1.54, 1.807) is 98.1 Å². The highest BCUT2D eigenvalue weighted by Crippen LogP contribution is 2.25. The number of ketones is 6. The molecular formula is C90H114N6O24. The van der Waals surface area contributed by atoms with Crippen LogP contribution in [-0.2, 0) is 139 Å². The van der Waals surface area contributed by atoms with Gasteiger partial charge in [-0.2, -0.15) is 5.90 Å². The second-order valence-electron chi connectivity index (χ2n) is 29.1. The Kier molecular flexibility index (Phi) is 46.9. The summed E-state index contributed by atoms with van der Waals surface area (Å²) in [6.07, 6.45) is -1.79. The molecule has 0 aliphatic rings. The Labute approximate surface area is 699 Å². The zero-order valence-corrected chi connectivity index (χ0v) is 68.6. The van der Waals surface area contributed by atoms with Gasteiger partial charge in [-0.25, -0.2) is 5.48 Å². The number of amides is 5. The predicted molar refractivity (Wildman–Crippen MR) is 439 cm³/mol. The molecule has 0 aliphatic heterocycles. The van der Waals surface area contributed by atoms with Gasteiger partial charge in [-0.15, -0.1) is 0 Å². The monoisotopic (exact) mass is 1660 g/mol. The van der Waals surface area contributed by atoms with Crippen molar-refractivity contribution in [3.05, 3.63) is 203 Å². The summed E-state index contributed by atoms with van der Waals surface area (Å²) < 4.78 is 31.8. The molecule has 0 spiro atoms. The Morgan fingerprint density at radius 1 is 0.342 bits per heavy atom. The summed E-state index contributed by atoms with van der Waals surface area (Å²) in [5, 5.41) is 39.5. The molecule has 8 atom stereocenters. The minimum Gasteiger partial charge on any atom is -0.508 e. The van der Waals surface area contributed by atoms with Crippen molar-refractivity contribution in [3.8, 4) is 11.5 Å². The molecule has 0 fully saturated rings. The number of phenols is 2. The molecule has 0 saturated heterocycles. The number of methoxy groups -OCH3 is 2. The Morgan fingerprint density at radius 3 is 1.02 bits per heavy atom. The molecule has 6 rings (SSSR count). The van der Waals surface area contributed by atoms with Crippen molar-refractivity contribution in [2.24, 2.45) is 29.6 Å². The third-order valence-corrected chi connectivity index (χ3v) is 19.4. The molecule has 648 valence electrons. The summed E-state index contributed by atoms with van der Waals surface area (Å²) in [7, 11) is 3.07. The lowest BCUT2D eigenvalue weighted by Crippen LogP contribution is -2.48. The number of aromatic hydroxyl groups is 2. The minimum atomic E-state index is -1.20. The number of carbonyl (C=O) groups excluding carboxylic acids is 14. The summed E-state index contributed by atoms with van der Waals surface area (Å²) >= 11 is 0. The Hall–Kier alpha value is -11.5. The van der Waals surface area contributed by atoms with Gasteiger partial charge in [0.1, 0.15) is 36.3 Å². The van der Waals surface area contributed by atoms with Gasteiger partial charge in [-0.1, -0.05) is 146 Å². The Morgan fingerprint density at radius 2 is 0.667 bits per heavy atom. The number of Topliss-reactive ketones (excluding diaryl/α,β-unsaturated/α-hetero) is 6. The van der Waals surface area contributed by atoms with Crippen LogP contribution in [-0.4, -0.2) is 176 Å². The van der Waals surface area contributed by atoms with Crippen LogP contribution >= 0.6 is 0 Å². The molecule has 120 heavy (non-hydrogen) atoms. The summed E-state index contributed by atoms with van der Waals surface area (Å²) in [5.74, 6) is -6.71. The predicted octanol–water partition coefficient (Wildman–Crippen LogP) is 8.19. The fourth-order valence-corrected chi connectivity index (χ4v) is 12.8. The molecule has 0 unspecified atom stereocenters. The molecule has 0 bridgehead atoms. The number of carbonyl (C=O) groups is 14. The minimum absolute atomic E-state index is 0.00163. The van der Waals surface area contributed by atoms with Crippen LogP contribution in [0.2, 0.25) is 0 Å². The Balaban J connectivity index is 0.000000436. The number of hydrogen-bond donors (Lipinski definition) is 9. The fourth-order valence-electron chi connectivity index (χ4n) is 12.8. The first-order valence-corrected chi connectivity index (χ1v) is 40.1. The zero-order valence-electron chi connectivity index (χ0n) is 68.6. The first-order valence-electron chi connectivity index (χ1n) is 40.1. The number of nitrogens with two attached hydrogens (primary N) is 1. The number of ether oxygens (including phenoxy) is 6. The maximum atomic E-state index is 14.5. The van der Waals surface area contributed by atoms with Gasteiger partial charge >= 0.3 is 17.9 Å². The maximum absolute atomic E-state index is 14.5. The molecule has 0 saturated carbocycles. The van der Waals surface area contributed by atoms with Crippen molar-refractivity contribution in [2.45, 2.75) is 180 Å². The number of phenolic OH excluding ortho intramolecular Hbond substituents is 2. The molecule has 6 aromatic rings. The van der Waals surface area contributed by atoms with E-state index in [1.165, 1.54) is 50.7 Å². The molecule has 0 heterocycles. The number of esters is 2. The van der Waals surface area contributed by atoms with Crippen LogP contribution < -0.4 is 32.6 Å². The van der Waals surface area contributed by atoms with Crippen LogP contribution in [0.1, 0.15) is 150 Å². The van der Waals surface area contributed by atoms with Gasteiger partial charge in [-0.3, -0.25) is 62.7 Å². The van der Waals surface area contributed by atoms with Crippen LogP contribution in [0.25, 0.3) is 0 Å². The SMILES string of the molecule is COCCOCCCC(=O)[C@@H](CCC(=O)NO)NC(=O)[C@H](CCC(=O)ON)CC(=O)[C@@H](Cc1ccccc1)NC(=O)[C@@H](CC(C)=O)Cc1ccc(O)cc1.COCCOCCCC(=O)[C@@H](CCC(=O)OCc1ccccc1)NC(=O)[C@H](CCC(=O)OCc1ccccc1)CC(=O)[C@@H](Cc1ccccc1)NC(=O)[C@@H](CC(C)=O)Cc1ccc(O)cc1. The molecule has 0 radical (unpaired) electrons. The normalized spacial score (nSPS) is 12.9. The van der Waals surface area contributed by atoms with E-state index >= 15 is 0 Å². The van der Waals surface area contributed by atoms with Crippen molar-refractivity contribution >= 4 is 82.1 Å². The lowest BCUT2D eigenvalue weighted by Gasteiger charge is -2.25. The Bertz CT molecular complexity index is 4180. The van der Waals surface area contributed by atoms with Crippen LogP contribution in [0, 0.1) is 23.7 Å². The second kappa shape index (κ2) is 56.8. The third kappa shape index (κ3) is 40.7. The van der Waals surface area contributed by atoms with Crippen molar-refractivity contribution in [2.75, 3.05) is 53.9 Å². The number of hydrogen-bond acceptors (Lipinski definition) is 25. The average Bonchev–Trinajstić information content (AvgIpc) is 0.852. The van der Waals surface area contributed by atoms with E-state index in [0.29, 0.717) is 56.0 Å². The van der Waals surface area contributed by atoms with Gasteiger partial charge in [0.2, 0.25) is 29.5 Å². The highest BCUT2D eigenvalue weighted by molar-refractivity contribution is 5.97. The number of rotatable bonds is 58. The molecule has 6 aromatic carbocycles. The van der Waals surface area contributed by atoms with Crippen molar-refractivity contribution in [1.82, 2.24) is 26.7 Å². The smallest absolute Gasteiger partial charge is 0.324 e. The van der Waals surface area contributed by atoms with Crippen LogP contribution in [0.5, 0.6) is 11.5 Å². The summed E-state index contributed by atoms with van der Waals surface area (Å²) in [6.45, 7) is 4.66. The molecule has 0 aromatic heterocycles. The standard InChI is InChI=1S/C52H62N2O12.C38H52N4O12/c1-37(55)31-43(32-39-20-23-44(56)24-21-39)52(62)54-46(33-38-13-6-3-7-14-38)48(58)34-42(22-26-49(59)65-35-40-15-8-4-9-16-40)51(61)53-45(47(57)19-12-28-64-30-29-63-2)25-27-50(60)66-36-41-17-10-5-11-18-41;1-25(43)21-29(22-27-10-13-30(44)14-11-27)38(50)41-32(23-26-7-4-3-5-8-26)34(46)24-28(12-17-36(48)54-39)37(49)40-31(15-16-35(47)42-51)33(45)9-6-18-53-20-19-52-2/h3-11,13-18,20-21,23-24,42-43,45-46,56H,12,19,22,25-36H2,1-2H3,(H,53,61)(H,54,62);3-5,7-8,10-11,13-14,28-29,31-32,44,51H,6,9,12,15-24,39H2,1-2H3,(H,40,49)(H,41,50)(H,42,47)/t42-,43+,45-,46-;28-,29+,31-,32-/m11/s1. The van der Waals surface area contributed by atoms with Gasteiger partial charge in [0.25, 0.3) is 0 Å². The number of hydroxylamine groups is 1. The molecule has 30 nitrogen and oxygen atoms in total.